The quantitative estimate of drug-likeness (QED) is 0.228. The molecule has 46 heavy (non-hydrogen) atoms. The summed E-state index contributed by atoms with van der Waals surface area (Å²) in [5.41, 5.74) is -0.0415. The lowest BCUT2D eigenvalue weighted by molar-refractivity contribution is -0.150. The Balaban J connectivity index is 1.57. The highest BCUT2D eigenvalue weighted by atomic mass is 16.6. The highest BCUT2D eigenvalue weighted by Crippen LogP contribution is 2.59. The van der Waals surface area contributed by atoms with Gasteiger partial charge in [-0.1, -0.05) is 12.1 Å². The van der Waals surface area contributed by atoms with Crippen LogP contribution in [0.5, 0.6) is 5.75 Å². The van der Waals surface area contributed by atoms with Gasteiger partial charge in [0.25, 0.3) is 0 Å². The van der Waals surface area contributed by atoms with Gasteiger partial charge in [0.2, 0.25) is 5.91 Å². The Morgan fingerprint density at radius 1 is 1.17 bits per heavy atom. The van der Waals surface area contributed by atoms with Crippen molar-refractivity contribution in [2.75, 3.05) is 44.6 Å². The number of nitrogens with one attached hydrogen (secondary N) is 1. The van der Waals surface area contributed by atoms with Gasteiger partial charge in [0.1, 0.15) is 17.2 Å². The Morgan fingerprint density at radius 3 is 2.52 bits per heavy atom. The number of hydrogen-bond donors (Lipinski definition) is 1. The second-order valence-corrected chi connectivity index (χ2v) is 13.4. The zero-order chi connectivity index (χ0) is 33.2. The van der Waals surface area contributed by atoms with Crippen molar-refractivity contribution in [3.63, 3.8) is 0 Å². The number of hydrogen-bond acceptors (Lipinski definition) is 10. The maximum Gasteiger partial charge on any atom is 0.412 e. The molecule has 248 valence electrons. The average Bonchev–Trinajstić information content (AvgIpc) is 3.14. The van der Waals surface area contributed by atoms with Crippen molar-refractivity contribution in [1.29, 1.82) is 0 Å². The predicted octanol–water partition coefficient (Wildman–Crippen LogP) is 4.55. The molecule has 2 aliphatic heterocycles. The molecule has 1 saturated carbocycles. The van der Waals surface area contributed by atoms with E-state index in [-0.39, 0.29) is 48.7 Å². The number of carbonyl (C=O) groups excluding carboxylic acids is 3. The Morgan fingerprint density at radius 2 is 1.91 bits per heavy atom. The molecule has 2 saturated heterocycles. The third kappa shape index (κ3) is 6.61. The largest absolute Gasteiger partial charge is 0.497 e. The van der Waals surface area contributed by atoms with E-state index in [0.29, 0.717) is 37.4 Å². The van der Waals surface area contributed by atoms with E-state index in [0.717, 1.165) is 11.3 Å². The molecule has 1 aliphatic carbocycles. The monoisotopic (exact) mass is 634 g/mol. The van der Waals surface area contributed by atoms with Crippen LogP contribution in [0.3, 0.4) is 0 Å². The van der Waals surface area contributed by atoms with Crippen LogP contribution in [-0.4, -0.2) is 90.6 Å². The number of pyridine rings is 1. The minimum atomic E-state index is -0.859. The van der Waals surface area contributed by atoms with Crippen LogP contribution >= 0.6 is 0 Å². The van der Waals surface area contributed by atoms with Crippen molar-refractivity contribution in [1.82, 2.24) is 14.9 Å². The summed E-state index contributed by atoms with van der Waals surface area (Å²) in [6.45, 7) is 8.47. The van der Waals surface area contributed by atoms with Gasteiger partial charge in [0.15, 0.2) is 0 Å². The second kappa shape index (κ2) is 13.2. The van der Waals surface area contributed by atoms with Crippen molar-refractivity contribution in [3.8, 4) is 5.75 Å². The second-order valence-electron chi connectivity index (χ2n) is 13.4. The van der Waals surface area contributed by atoms with E-state index in [1.807, 2.05) is 55.5 Å². The van der Waals surface area contributed by atoms with Gasteiger partial charge in [-0.05, 0) is 76.3 Å². The first-order valence-corrected chi connectivity index (χ1v) is 15.9. The maximum absolute atomic E-state index is 14.4. The first kappa shape index (κ1) is 33.0. The molecular weight excluding hydrogens is 588 g/mol. The molecule has 3 aliphatic rings. The lowest BCUT2D eigenvalue weighted by Crippen LogP contribution is -2.71. The number of likely N-dealkylation sites (tertiary alicyclic amines) is 1. The standard InChI is InChI=1S/C34H46N6O6/c1-8-45-29(41)18-34-27-15-16-39(28-14-11-24(20-35-28)37-32(43)46-33(2,3)4)30(34)23(19-36-38(5)6)17-26(27)31(42)40(34)21-22-9-12-25(44-7)13-10-22/h9-14,19-20,23,26-27,30H,8,15-18,21H2,1-7H3,(H,37,43)/b36-19+/t23-,26+,27+,30-,34-/m0/s1. The van der Waals surface area contributed by atoms with Gasteiger partial charge in [-0.15, -0.1) is 0 Å². The van der Waals surface area contributed by atoms with Crippen LogP contribution < -0.4 is 15.0 Å². The number of hydrazone groups is 1. The summed E-state index contributed by atoms with van der Waals surface area (Å²) < 4.78 is 16.3. The van der Waals surface area contributed by atoms with Gasteiger partial charge in [-0.2, -0.15) is 5.10 Å². The summed E-state index contributed by atoms with van der Waals surface area (Å²) in [4.78, 5) is 49.2. The Bertz CT molecular complexity index is 1440. The van der Waals surface area contributed by atoms with Crippen LogP contribution in [0.25, 0.3) is 0 Å². The lowest BCUT2D eigenvalue weighted by atomic mass is 9.58. The average molecular weight is 635 g/mol. The van der Waals surface area contributed by atoms with E-state index in [4.69, 9.17) is 19.2 Å². The van der Waals surface area contributed by atoms with E-state index in [2.05, 4.69) is 15.3 Å². The van der Waals surface area contributed by atoms with Crippen LogP contribution in [0.2, 0.25) is 0 Å². The predicted molar refractivity (Wildman–Crippen MR) is 175 cm³/mol. The molecule has 3 heterocycles. The summed E-state index contributed by atoms with van der Waals surface area (Å²) in [6.07, 6.45) is 4.36. The number of amides is 2. The fraction of sp³-hybridized carbons (Fsp3) is 0.559. The Labute approximate surface area is 271 Å². The molecule has 4 bridgehead atoms. The third-order valence-corrected chi connectivity index (χ3v) is 9.08. The SMILES string of the molecule is CCOC(=O)C[C@]12[C@@H]3CCN(c4ccc(NC(=O)OC(C)(C)C)cn4)[C@H]1[C@H](/C=N/N(C)C)C[C@H]3C(=O)N2Cc1ccc(OC)cc1. The molecule has 2 amide bonds. The number of benzene rings is 1. The fourth-order valence-corrected chi connectivity index (χ4v) is 7.51. The topological polar surface area (TPSA) is 126 Å². The molecule has 0 spiro atoms. The smallest absolute Gasteiger partial charge is 0.412 e. The molecule has 0 unspecified atom stereocenters. The minimum Gasteiger partial charge on any atom is -0.497 e. The normalized spacial score (nSPS) is 25.4. The van der Waals surface area contributed by atoms with E-state index in [9.17, 15) is 14.4 Å². The van der Waals surface area contributed by atoms with Crippen molar-refractivity contribution in [3.05, 3.63) is 48.2 Å². The number of nitrogens with zero attached hydrogens (tertiary/aromatic N) is 5. The van der Waals surface area contributed by atoms with Crippen molar-refractivity contribution >= 4 is 35.7 Å². The van der Waals surface area contributed by atoms with E-state index >= 15 is 0 Å². The Hall–Kier alpha value is -4.35. The van der Waals surface area contributed by atoms with Gasteiger partial charge in [0.05, 0.1) is 43.6 Å². The van der Waals surface area contributed by atoms with Crippen LogP contribution in [0.15, 0.2) is 47.7 Å². The van der Waals surface area contributed by atoms with Gasteiger partial charge in [0, 0.05) is 45.2 Å². The van der Waals surface area contributed by atoms with E-state index < -0.39 is 17.2 Å². The number of aromatic nitrogens is 1. The molecule has 5 atom stereocenters. The van der Waals surface area contributed by atoms with Gasteiger partial charge >= 0.3 is 12.1 Å². The van der Waals surface area contributed by atoms with E-state index in [1.54, 1.807) is 52.1 Å². The maximum atomic E-state index is 14.4. The molecule has 5 rings (SSSR count). The summed E-state index contributed by atoms with van der Waals surface area (Å²) in [6, 6.07) is 11.0. The van der Waals surface area contributed by atoms with Crippen LogP contribution in [0.4, 0.5) is 16.3 Å². The molecule has 1 aromatic heterocycles. The van der Waals surface area contributed by atoms with Crippen LogP contribution in [-0.2, 0) is 25.6 Å². The Kier molecular flexibility index (Phi) is 9.46. The molecule has 3 fully saturated rings. The van der Waals surface area contributed by atoms with Gasteiger partial charge in [-0.25, -0.2) is 9.78 Å². The van der Waals surface area contributed by atoms with Gasteiger partial charge < -0.3 is 29.0 Å². The lowest BCUT2D eigenvalue weighted by Gasteiger charge is -2.59. The molecule has 2 aromatic rings. The first-order chi connectivity index (χ1) is 21.9. The number of anilines is 2. The zero-order valence-electron chi connectivity index (χ0n) is 27.9. The molecule has 0 radical (unpaired) electrons. The van der Waals surface area contributed by atoms with Crippen molar-refractivity contribution < 1.29 is 28.6 Å². The van der Waals surface area contributed by atoms with Crippen LogP contribution in [0.1, 0.15) is 52.5 Å². The summed E-state index contributed by atoms with van der Waals surface area (Å²) in [7, 11) is 5.35. The number of ether oxygens (including phenoxy) is 3. The number of methoxy groups -OCH3 is 1. The number of piperidine rings is 1. The zero-order valence-corrected chi connectivity index (χ0v) is 27.9. The van der Waals surface area contributed by atoms with Gasteiger partial charge in [-0.3, -0.25) is 14.9 Å². The third-order valence-electron chi connectivity index (χ3n) is 9.08. The minimum absolute atomic E-state index is 0.0407. The summed E-state index contributed by atoms with van der Waals surface area (Å²) >= 11 is 0. The first-order valence-electron chi connectivity index (χ1n) is 15.9. The van der Waals surface area contributed by atoms with Crippen molar-refractivity contribution in [2.24, 2.45) is 22.9 Å². The summed E-state index contributed by atoms with van der Waals surface area (Å²) in [5.74, 6) is 0.718. The van der Waals surface area contributed by atoms with E-state index in [1.165, 1.54) is 0 Å². The van der Waals surface area contributed by atoms with Crippen molar-refractivity contribution in [2.45, 2.75) is 70.7 Å². The number of esters is 1. The highest BCUT2D eigenvalue weighted by molar-refractivity contribution is 5.88. The van der Waals surface area contributed by atoms with Crippen LogP contribution in [0, 0.1) is 17.8 Å². The number of carbonyl (C=O) groups is 3. The summed E-state index contributed by atoms with van der Waals surface area (Å²) in [5, 5.41) is 9.12. The molecule has 12 heteroatoms. The molecule has 12 nitrogen and oxygen atoms in total. The highest BCUT2D eigenvalue weighted by Gasteiger charge is 2.70. The molecule has 1 aromatic carbocycles. The molecular formula is C34H46N6O6. The molecule has 1 N–H and O–H groups in total. The number of rotatable bonds is 10. The fourth-order valence-electron chi connectivity index (χ4n) is 7.51.